The maximum atomic E-state index is 13.1. The van der Waals surface area contributed by atoms with Crippen molar-refractivity contribution in [3.05, 3.63) is 28.5 Å². The number of hydrogen-bond acceptors (Lipinski definition) is 5. The van der Waals surface area contributed by atoms with Gasteiger partial charge in [-0.05, 0) is 6.07 Å². The summed E-state index contributed by atoms with van der Waals surface area (Å²) in [6, 6.07) is 0.691. The van der Waals surface area contributed by atoms with Crippen LogP contribution in [-0.2, 0) is 25.2 Å². The first kappa shape index (κ1) is 20.8. The van der Waals surface area contributed by atoms with E-state index in [2.05, 4.69) is 4.98 Å². The van der Waals surface area contributed by atoms with Crippen molar-refractivity contribution < 1.29 is 32.2 Å². The lowest BCUT2D eigenvalue weighted by Crippen LogP contribution is -2.50. The van der Waals surface area contributed by atoms with E-state index in [4.69, 9.17) is 21.1 Å². The minimum atomic E-state index is -4.63. The minimum Gasteiger partial charge on any atom is -0.378 e. The number of nitrogens with zero attached hydrogens (tertiary/aromatic N) is 3. The number of halogens is 4. The fourth-order valence-corrected chi connectivity index (χ4v) is 3.36. The molecule has 154 valence electrons. The number of alkyl halides is 3. The minimum absolute atomic E-state index is 0.178. The highest BCUT2D eigenvalue weighted by molar-refractivity contribution is 6.32. The molecular weight excluding hydrogens is 403 g/mol. The molecule has 0 aromatic carbocycles. The molecule has 0 unspecified atom stereocenters. The summed E-state index contributed by atoms with van der Waals surface area (Å²) in [4.78, 5) is 32.8. The van der Waals surface area contributed by atoms with Crippen molar-refractivity contribution in [2.24, 2.45) is 0 Å². The van der Waals surface area contributed by atoms with Gasteiger partial charge in [-0.25, -0.2) is 0 Å². The third-order valence-corrected chi connectivity index (χ3v) is 4.91. The lowest BCUT2D eigenvalue weighted by Gasteiger charge is -2.34. The molecule has 7 nitrogen and oxygen atoms in total. The van der Waals surface area contributed by atoms with Gasteiger partial charge in [-0.2, -0.15) is 13.2 Å². The summed E-state index contributed by atoms with van der Waals surface area (Å²) in [5.74, 6) is -2.51. The number of carbonyl (C=O) groups is 2. The maximum Gasteiger partial charge on any atom is 0.417 e. The van der Waals surface area contributed by atoms with E-state index >= 15 is 0 Å². The van der Waals surface area contributed by atoms with Gasteiger partial charge in [0.05, 0.1) is 42.7 Å². The average Bonchev–Trinajstić information content (AvgIpc) is 2.69. The molecule has 2 saturated heterocycles. The van der Waals surface area contributed by atoms with Crippen molar-refractivity contribution in [2.75, 3.05) is 52.6 Å². The Labute approximate surface area is 164 Å². The van der Waals surface area contributed by atoms with Gasteiger partial charge in [0.1, 0.15) is 0 Å². The zero-order valence-corrected chi connectivity index (χ0v) is 15.6. The molecule has 0 atom stereocenters. The Kier molecular flexibility index (Phi) is 6.41. The Balaban J connectivity index is 1.95. The van der Waals surface area contributed by atoms with E-state index in [0.717, 1.165) is 0 Å². The third-order valence-electron chi connectivity index (χ3n) is 4.61. The maximum absolute atomic E-state index is 13.1. The predicted octanol–water partition coefficient (Wildman–Crippen LogP) is 1.55. The second kappa shape index (κ2) is 8.62. The van der Waals surface area contributed by atoms with Crippen LogP contribution < -0.4 is 0 Å². The van der Waals surface area contributed by atoms with Gasteiger partial charge < -0.3 is 19.3 Å². The Morgan fingerprint density at radius 1 is 1.00 bits per heavy atom. The summed E-state index contributed by atoms with van der Waals surface area (Å²) in [6.07, 6.45) is -4.04. The molecule has 1 aromatic heterocycles. The fraction of sp³-hybridized carbons (Fsp3) is 0.588. The van der Waals surface area contributed by atoms with Crippen molar-refractivity contribution >= 4 is 23.4 Å². The Morgan fingerprint density at radius 3 is 1.86 bits per heavy atom. The zero-order chi connectivity index (χ0) is 20.3. The van der Waals surface area contributed by atoms with E-state index in [1.807, 2.05) is 0 Å². The van der Waals surface area contributed by atoms with Crippen molar-refractivity contribution in [3.63, 3.8) is 0 Å². The van der Waals surface area contributed by atoms with Crippen LogP contribution >= 0.6 is 11.6 Å². The molecule has 2 aliphatic rings. The first-order chi connectivity index (χ1) is 13.3. The molecule has 3 rings (SSSR count). The number of aromatic nitrogens is 1. The van der Waals surface area contributed by atoms with Crippen LogP contribution in [0.4, 0.5) is 13.2 Å². The zero-order valence-electron chi connectivity index (χ0n) is 14.9. The summed E-state index contributed by atoms with van der Waals surface area (Å²) in [5.41, 5.74) is -1.22. The van der Waals surface area contributed by atoms with Crippen LogP contribution in [0.15, 0.2) is 12.3 Å². The molecule has 3 heterocycles. The topological polar surface area (TPSA) is 72.0 Å². The molecule has 0 aliphatic carbocycles. The average molecular weight is 422 g/mol. The first-order valence-corrected chi connectivity index (χ1v) is 9.12. The largest absolute Gasteiger partial charge is 0.417 e. The second-order valence-electron chi connectivity index (χ2n) is 6.40. The summed E-state index contributed by atoms with van der Waals surface area (Å²) >= 11 is 6.04. The van der Waals surface area contributed by atoms with Gasteiger partial charge in [-0.3, -0.25) is 14.6 Å². The number of hydrogen-bond donors (Lipinski definition) is 0. The highest BCUT2D eigenvalue weighted by Gasteiger charge is 2.40. The third kappa shape index (κ3) is 4.56. The van der Waals surface area contributed by atoms with Crippen LogP contribution in [0.5, 0.6) is 0 Å². The molecule has 0 saturated carbocycles. The summed E-state index contributed by atoms with van der Waals surface area (Å²) in [5, 5.41) is -0.372. The van der Waals surface area contributed by atoms with Crippen LogP contribution in [0.3, 0.4) is 0 Å². The fourth-order valence-electron chi connectivity index (χ4n) is 3.09. The smallest absolute Gasteiger partial charge is 0.378 e. The SMILES string of the molecule is O=C(C(C(=O)N1CCOCC1)c1ncc(C(F)(F)F)cc1Cl)N1CCOCC1. The number of amides is 2. The Bertz CT molecular complexity index is 705. The molecule has 0 radical (unpaired) electrons. The van der Waals surface area contributed by atoms with Crippen molar-refractivity contribution in [1.82, 2.24) is 14.8 Å². The highest BCUT2D eigenvalue weighted by atomic mass is 35.5. The standard InChI is InChI=1S/C17H19ClF3N3O4/c18-12-9-11(17(19,20)21)10-22-14(12)13(15(25)23-1-5-27-6-2-23)16(26)24-3-7-28-8-4-24/h9-10,13H,1-8H2. The predicted molar refractivity (Wildman–Crippen MR) is 91.8 cm³/mol. The number of ether oxygens (including phenoxy) is 2. The molecule has 2 amide bonds. The van der Waals surface area contributed by atoms with Crippen LogP contribution in [0.2, 0.25) is 5.02 Å². The van der Waals surface area contributed by atoms with Crippen LogP contribution in [0.25, 0.3) is 0 Å². The molecule has 0 N–H and O–H groups in total. The van der Waals surface area contributed by atoms with Crippen LogP contribution in [-0.4, -0.2) is 79.2 Å². The van der Waals surface area contributed by atoms with Gasteiger partial charge in [0.2, 0.25) is 11.8 Å². The second-order valence-corrected chi connectivity index (χ2v) is 6.80. The van der Waals surface area contributed by atoms with E-state index in [9.17, 15) is 22.8 Å². The summed E-state index contributed by atoms with van der Waals surface area (Å²) in [7, 11) is 0. The first-order valence-electron chi connectivity index (χ1n) is 8.74. The quantitative estimate of drug-likeness (QED) is 0.693. The van der Waals surface area contributed by atoms with Gasteiger partial charge in [0.15, 0.2) is 5.92 Å². The monoisotopic (exact) mass is 421 g/mol. The number of morpholine rings is 2. The van der Waals surface area contributed by atoms with Crippen molar-refractivity contribution in [1.29, 1.82) is 0 Å². The van der Waals surface area contributed by atoms with Gasteiger partial charge in [-0.1, -0.05) is 11.6 Å². The van der Waals surface area contributed by atoms with E-state index in [1.165, 1.54) is 9.80 Å². The lowest BCUT2D eigenvalue weighted by molar-refractivity contribution is -0.147. The molecule has 0 spiro atoms. The molecule has 28 heavy (non-hydrogen) atoms. The molecule has 0 bridgehead atoms. The van der Waals surface area contributed by atoms with E-state index < -0.39 is 29.5 Å². The van der Waals surface area contributed by atoms with Crippen LogP contribution in [0, 0.1) is 0 Å². The Morgan fingerprint density at radius 2 is 1.46 bits per heavy atom. The molecule has 2 aliphatic heterocycles. The molecule has 2 fully saturated rings. The van der Waals surface area contributed by atoms with E-state index in [0.29, 0.717) is 38.7 Å². The lowest BCUT2D eigenvalue weighted by atomic mass is 9.99. The highest BCUT2D eigenvalue weighted by Crippen LogP contribution is 2.34. The Hall–Kier alpha value is -1.91. The van der Waals surface area contributed by atoms with Crippen LogP contribution in [0.1, 0.15) is 17.2 Å². The van der Waals surface area contributed by atoms with Gasteiger partial charge in [-0.15, -0.1) is 0 Å². The normalized spacial score (nSPS) is 18.5. The number of pyridine rings is 1. The van der Waals surface area contributed by atoms with Gasteiger partial charge >= 0.3 is 6.18 Å². The van der Waals surface area contributed by atoms with Crippen molar-refractivity contribution in [2.45, 2.75) is 12.1 Å². The van der Waals surface area contributed by atoms with E-state index in [-0.39, 0.29) is 36.9 Å². The number of carbonyl (C=O) groups excluding carboxylic acids is 2. The summed E-state index contributed by atoms with van der Waals surface area (Å²) in [6.45, 7) is 2.40. The molecule has 1 aromatic rings. The van der Waals surface area contributed by atoms with Gasteiger partial charge in [0, 0.05) is 32.4 Å². The molecule has 11 heteroatoms. The van der Waals surface area contributed by atoms with Gasteiger partial charge in [0.25, 0.3) is 0 Å². The van der Waals surface area contributed by atoms with E-state index in [1.54, 1.807) is 0 Å². The molecular formula is C17H19ClF3N3O4. The summed E-state index contributed by atoms with van der Waals surface area (Å²) < 4.78 is 49.2. The number of rotatable bonds is 3. The van der Waals surface area contributed by atoms with Crippen molar-refractivity contribution in [3.8, 4) is 0 Å².